The Labute approximate surface area is 68.0 Å². The second-order valence-corrected chi connectivity index (χ2v) is 2.68. The molecule has 0 unspecified atom stereocenters. The molecule has 0 aliphatic carbocycles. The molecule has 0 N–H and O–H groups in total. The van der Waals surface area contributed by atoms with E-state index in [0.717, 1.165) is 0 Å². The number of aryl methyl sites for hydroxylation is 1. The predicted octanol–water partition coefficient (Wildman–Crippen LogP) is 1.69. The fourth-order valence-electron chi connectivity index (χ4n) is 0.575. The van der Waals surface area contributed by atoms with Gasteiger partial charge in [0, 0.05) is 13.2 Å². The van der Waals surface area contributed by atoms with E-state index >= 15 is 0 Å². The number of halogens is 2. The van der Waals surface area contributed by atoms with E-state index in [9.17, 15) is 4.79 Å². The molecule has 4 heteroatoms. The van der Waals surface area contributed by atoms with Gasteiger partial charge >= 0.3 is 0 Å². The van der Waals surface area contributed by atoms with Crippen LogP contribution in [0, 0.1) is 0 Å². The maximum atomic E-state index is 10.9. The van der Waals surface area contributed by atoms with Crippen molar-refractivity contribution in [2.45, 2.75) is 0 Å². The first kappa shape index (κ1) is 7.63. The fraction of sp³-hybridized carbons (Fsp3) is 0.167. The van der Waals surface area contributed by atoms with Gasteiger partial charge in [-0.2, -0.15) is 0 Å². The van der Waals surface area contributed by atoms with Crippen molar-refractivity contribution < 1.29 is 0 Å². The minimum Gasteiger partial charge on any atom is -0.317 e. The molecule has 0 bridgehead atoms. The molecule has 10 heavy (non-hydrogen) atoms. The summed E-state index contributed by atoms with van der Waals surface area (Å²) in [6.45, 7) is 0. The third kappa shape index (κ3) is 1.18. The number of hydrogen-bond acceptors (Lipinski definition) is 1. The number of pyridine rings is 1. The van der Waals surface area contributed by atoms with E-state index in [1.807, 2.05) is 0 Å². The third-order valence-electron chi connectivity index (χ3n) is 1.16. The maximum absolute atomic E-state index is 10.9. The van der Waals surface area contributed by atoms with Gasteiger partial charge in [0.15, 0.2) is 0 Å². The molecule has 0 radical (unpaired) electrons. The summed E-state index contributed by atoms with van der Waals surface area (Å²) in [7, 11) is 1.62. The van der Waals surface area contributed by atoms with Crippen molar-refractivity contribution in [3.8, 4) is 0 Å². The molecule has 0 aromatic carbocycles. The zero-order valence-electron chi connectivity index (χ0n) is 5.27. The van der Waals surface area contributed by atoms with Gasteiger partial charge in [-0.3, -0.25) is 4.79 Å². The van der Waals surface area contributed by atoms with Gasteiger partial charge in [-0.25, -0.2) is 0 Å². The van der Waals surface area contributed by atoms with Gasteiger partial charge in [0.1, 0.15) is 5.02 Å². The summed E-state index contributed by atoms with van der Waals surface area (Å²) in [4.78, 5) is 10.9. The molecule has 0 atom stereocenters. The Bertz CT molecular complexity index is 305. The lowest BCUT2D eigenvalue weighted by Crippen LogP contribution is -2.15. The summed E-state index contributed by atoms with van der Waals surface area (Å²) >= 11 is 11.1. The minimum absolute atomic E-state index is 0.0756. The highest BCUT2D eigenvalue weighted by Crippen LogP contribution is 2.15. The standard InChI is InChI=1S/C6H5Cl2NO/c1-9-3-2-4(7)5(8)6(9)10/h2-3H,1H3. The molecule has 0 fully saturated rings. The molecule has 1 aromatic rings. The molecular formula is C6H5Cl2NO. The van der Waals surface area contributed by atoms with E-state index in [0.29, 0.717) is 5.02 Å². The molecule has 2 nitrogen and oxygen atoms in total. The Balaban J connectivity index is 3.50. The average Bonchev–Trinajstić information content (AvgIpc) is 1.93. The summed E-state index contributed by atoms with van der Waals surface area (Å²) in [5.74, 6) is 0. The molecule has 0 saturated carbocycles. The highest BCUT2D eigenvalue weighted by molar-refractivity contribution is 6.41. The van der Waals surface area contributed by atoms with Crippen molar-refractivity contribution in [3.05, 3.63) is 32.7 Å². The van der Waals surface area contributed by atoms with Crippen molar-refractivity contribution in [2.24, 2.45) is 7.05 Å². The zero-order valence-corrected chi connectivity index (χ0v) is 6.78. The van der Waals surface area contributed by atoms with Crippen LogP contribution in [-0.4, -0.2) is 4.57 Å². The SMILES string of the molecule is Cn1ccc(Cl)c(Cl)c1=O. The molecule has 0 aliphatic heterocycles. The van der Waals surface area contributed by atoms with Crippen LogP contribution in [0.15, 0.2) is 17.1 Å². The summed E-state index contributed by atoms with van der Waals surface area (Å²) in [5.41, 5.74) is -0.269. The van der Waals surface area contributed by atoms with Crippen molar-refractivity contribution in [1.82, 2.24) is 4.57 Å². The molecule has 0 amide bonds. The van der Waals surface area contributed by atoms with Crippen LogP contribution in [0.5, 0.6) is 0 Å². The summed E-state index contributed by atoms with van der Waals surface area (Å²) in [6, 6.07) is 1.57. The summed E-state index contributed by atoms with van der Waals surface area (Å²) in [6.07, 6.45) is 1.57. The van der Waals surface area contributed by atoms with E-state index in [1.165, 1.54) is 4.57 Å². The molecular weight excluding hydrogens is 173 g/mol. The summed E-state index contributed by atoms with van der Waals surface area (Å²) in [5, 5.41) is 0.372. The van der Waals surface area contributed by atoms with Crippen molar-refractivity contribution >= 4 is 23.2 Å². The molecule has 0 aliphatic rings. The molecule has 1 heterocycles. The lowest BCUT2D eigenvalue weighted by Gasteiger charge is -1.97. The topological polar surface area (TPSA) is 22.0 Å². The van der Waals surface area contributed by atoms with Gasteiger partial charge in [0.25, 0.3) is 5.56 Å². The first-order valence-electron chi connectivity index (χ1n) is 2.63. The minimum atomic E-state index is -0.269. The molecule has 1 rings (SSSR count). The van der Waals surface area contributed by atoms with Crippen LogP contribution < -0.4 is 5.56 Å². The first-order chi connectivity index (χ1) is 4.63. The maximum Gasteiger partial charge on any atom is 0.270 e. The Morgan fingerprint density at radius 1 is 1.50 bits per heavy atom. The lowest BCUT2D eigenvalue weighted by atomic mass is 10.5. The van der Waals surface area contributed by atoms with Crippen molar-refractivity contribution in [1.29, 1.82) is 0 Å². The quantitative estimate of drug-likeness (QED) is 0.592. The Kier molecular flexibility index (Phi) is 2.02. The van der Waals surface area contributed by atoms with Crippen LogP contribution in [-0.2, 0) is 7.05 Å². The van der Waals surface area contributed by atoms with Crippen LogP contribution in [0.25, 0.3) is 0 Å². The lowest BCUT2D eigenvalue weighted by molar-refractivity contribution is 0.861. The smallest absolute Gasteiger partial charge is 0.270 e. The average molecular weight is 178 g/mol. The zero-order chi connectivity index (χ0) is 7.72. The third-order valence-corrected chi connectivity index (χ3v) is 1.94. The number of aromatic nitrogens is 1. The number of nitrogens with zero attached hydrogens (tertiary/aromatic N) is 1. The van der Waals surface area contributed by atoms with Gasteiger partial charge in [-0.15, -0.1) is 0 Å². The van der Waals surface area contributed by atoms with Crippen molar-refractivity contribution in [3.63, 3.8) is 0 Å². The largest absolute Gasteiger partial charge is 0.317 e. The summed E-state index contributed by atoms with van der Waals surface area (Å²) < 4.78 is 1.37. The highest BCUT2D eigenvalue weighted by atomic mass is 35.5. The van der Waals surface area contributed by atoms with E-state index in [-0.39, 0.29) is 10.6 Å². The monoisotopic (exact) mass is 177 g/mol. The second kappa shape index (κ2) is 2.64. The van der Waals surface area contributed by atoms with Gasteiger partial charge in [-0.05, 0) is 6.07 Å². The van der Waals surface area contributed by atoms with Gasteiger partial charge < -0.3 is 4.57 Å². The first-order valence-corrected chi connectivity index (χ1v) is 3.39. The Morgan fingerprint density at radius 2 is 2.10 bits per heavy atom. The Hall–Kier alpha value is -0.470. The van der Waals surface area contributed by atoms with E-state index in [1.54, 1.807) is 19.3 Å². The molecule has 54 valence electrons. The van der Waals surface area contributed by atoms with Gasteiger partial charge in [-0.1, -0.05) is 23.2 Å². The van der Waals surface area contributed by atoms with E-state index in [4.69, 9.17) is 23.2 Å². The van der Waals surface area contributed by atoms with Crippen LogP contribution in [0.4, 0.5) is 0 Å². The predicted molar refractivity (Wildman–Crippen MR) is 41.7 cm³/mol. The van der Waals surface area contributed by atoms with Crippen molar-refractivity contribution in [2.75, 3.05) is 0 Å². The van der Waals surface area contributed by atoms with Crippen LogP contribution in [0.2, 0.25) is 10.0 Å². The van der Waals surface area contributed by atoms with Gasteiger partial charge in [0.2, 0.25) is 0 Å². The number of rotatable bonds is 0. The fourth-order valence-corrected chi connectivity index (χ4v) is 0.909. The van der Waals surface area contributed by atoms with E-state index in [2.05, 4.69) is 0 Å². The van der Waals surface area contributed by atoms with Crippen LogP contribution >= 0.6 is 23.2 Å². The molecule has 1 aromatic heterocycles. The second-order valence-electron chi connectivity index (χ2n) is 1.89. The normalized spacial score (nSPS) is 9.90. The van der Waals surface area contributed by atoms with Crippen LogP contribution in [0.1, 0.15) is 0 Å². The van der Waals surface area contributed by atoms with E-state index < -0.39 is 0 Å². The Morgan fingerprint density at radius 3 is 2.60 bits per heavy atom. The van der Waals surface area contributed by atoms with Gasteiger partial charge in [0.05, 0.1) is 5.02 Å². The molecule has 0 saturated heterocycles. The molecule has 0 spiro atoms. The highest BCUT2D eigenvalue weighted by Gasteiger charge is 2.01. The number of hydrogen-bond donors (Lipinski definition) is 0. The van der Waals surface area contributed by atoms with Crippen LogP contribution in [0.3, 0.4) is 0 Å².